The molecule has 0 aromatic heterocycles. The van der Waals surface area contributed by atoms with Crippen LogP contribution in [-0.4, -0.2) is 32.2 Å². The highest BCUT2D eigenvalue weighted by Gasteiger charge is 2.55. The zero-order valence-electron chi connectivity index (χ0n) is 11.4. The maximum Gasteiger partial charge on any atom is 0.0846 e. The van der Waals surface area contributed by atoms with Gasteiger partial charge in [0.2, 0.25) is 0 Å². The van der Waals surface area contributed by atoms with Gasteiger partial charge < -0.3 is 28.5 Å². The molecular formula is C14H26IN. The number of fused-ring (bicyclic) bond motifs is 2. The van der Waals surface area contributed by atoms with Crippen LogP contribution in [0, 0.1) is 23.2 Å². The topological polar surface area (TPSA) is 0 Å². The largest absolute Gasteiger partial charge is 1.00 e. The van der Waals surface area contributed by atoms with E-state index >= 15 is 0 Å². The molecule has 0 aliphatic heterocycles. The van der Waals surface area contributed by atoms with Crippen LogP contribution in [0.3, 0.4) is 0 Å². The monoisotopic (exact) mass is 335 g/mol. The minimum atomic E-state index is 0. The minimum absolute atomic E-state index is 0. The molecule has 16 heavy (non-hydrogen) atoms. The Morgan fingerprint density at radius 2 is 1.81 bits per heavy atom. The highest BCUT2D eigenvalue weighted by Crippen LogP contribution is 2.62. The summed E-state index contributed by atoms with van der Waals surface area (Å²) >= 11 is 0. The lowest BCUT2D eigenvalue weighted by atomic mass is 9.45. The van der Waals surface area contributed by atoms with E-state index in [0.717, 1.165) is 22.2 Å². The molecule has 3 aliphatic carbocycles. The molecule has 3 rings (SSSR count). The first kappa shape index (κ1) is 14.5. The zero-order valence-corrected chi connectivity index (χ0v) is 13.5. The van der Waals surface area contributed by atoms with E-state index in [0.29, 0.717) is 5.41 Å². The molecule has 94 valence electrons. The van der Waals surface area contributed by atoms with E-state index in [1.807, 2.05) is 0 Å². The highest BCUT2D eigenvalue weighted by molar-refractivity contribution is 5.22. The lowest BCUT2D eigenvalue weighted by Crippen LogP contribution is -3.00. The molecule has 3 saturated carbocycles. The van der Waals surface area contributed by atoms with Crippen molar-refractivity contribution in [2.24, 2.45) is 23.2 Å². The van der Waals surface area contributed by atoms with Gasteiger partial charge in [0.25, 0.3) is 0 Å². The first-order chi connectivity index (χ1) is 6.72. The van der Waals surface area contributed by atoms with Crippen LogP contribution in [0.1, 0.15) is 26.7 Å². The van der Waals surface area contributed by atoms with E-state index in [2.05, 4.69) is 41.6 Å². The Balaban J connectivity index is 0.00000128. The van der Waals surface area contributed by atoms with Gasteiger partial charge in [-0.25, -0.2) is 0 Å². The van der Waals surface area contributed by atoms with Crippen molar-refractivity contribution in [1.82, 2.24) is 0 Å². The lowest BCUT2D eigenvalue weighted by molar-refractivity contribution is -0.873. The van der Waals surface area contributed by atoms with Crippen molar-refractivity contribution in [3.8, 4) is 0 Å². The molecule has 0 aromatic rings. The summed E-state index contributed by atoms with van der Waals surface area (Å²) in [6.07, 6.45) is 2.80. The van der Waals surface area contributed by atoms with Crippen LogP contribution in [-0.2, 0) is 0 Å². The van der Waals surface area contributed by atoms with E-state index in [-0.39, 0.29) is 24.0 Å². The SMILES string of the molecule is C=C1C(C[N+](C)(C)C)CC2CC1C2(C)C.[I-]. The molecule has 2 bridgehead atoms. The third kappa shape index (κ3) is 2.33. The molecule has 0 heterocycles. The van der Waals surface area contributed by atoms with Gasteiger partial charge in [-0.2, -0.15) is 0 Å². The maximum absolute atomic E-state index is 4.38. The second-order valence-corrected chi connectivity index (χ2v) is 7.29. The third-order valence-corrected chi connectivity index (χ3v) is 4.78. The van der Waals surface area contributed by atoms with Crippen LogP contribution < -0.4 is 24.0 Å². The van der Waals surface area contributed by atoms with E-state index in [4.69, 9.17) is 0 Å². The molecule has 0 aromatic carbocycles. The second-order valence-electron chi connectivity index (χ2n) is 7.29. The molecule has 3 atom stereocenters. The molecular weight excluding hydrogens is 309 g/mol. The van der Waals surface area contributed by atoms with Gasteiger partial charge in [-0.1, -0.05) is 26.0 Å². The molecule has 1 nitrogen and oxygen atoms in total. The molecule has 0 spiro atoms. The standard InChI is InChI=1S/C14H26N.HI/c1-10-11(9-15(4,5)6)7-12-8-13(10)14(12,2)3;/h11-13H,1,7-9H2,2-6H3;1H/q+1;/p-1. The first-order valence-electron chi connectivity index (χ1n) is 6.21. The average molecular weight is 335 g/mol. The lowest BCUT2D eigenvalue weighted by Gasteiger charge is -2.60. The van der Waals surface area contributed by atoms with Gasteiger partial charge in [0.15, 0.2) is 0 Å². The van der Waals surface area contributed by atoms with Crippen LogP contribution in [0.25, 0.3) is 0 Å². The molecule has 0 radical (unpaired) electrons. The molecule has 0 N–H and O–H groups in total. The van der Waals surface area contributed by atoms with Gasteiger partial charge in [-0.3, -0.25) is 0 Å². The number of quaternary nitrogens is 1. The highest BCUT2D eigenvalue weighted by atomic mass is 127. The van der Waals surface area contributed by atoms with Crippen LogP contribution in [0.15, 0.2) is 12.2 Å². The Labute approximate surface area is 118 Å². The average Bonchev–Trinajstić information content (AvgIpc) is 2.05. The molecule has 2 heteroatoms. The fourth-order valence-electron chi connectivity index (χ4n) is 3.68. The van der Waals surface area contributed by atoms with Crippen LogP contribution in [0.4, 0.5) is 0 Å². The van der Waals surface area contributed by atoms with Gasteiger partial charge in [-0.05, 0) is 30.1 Å². The normalized spacial score (nSPS) is 36.3. The van der Waals surface area contributed by atoms with Crippen LogP contribution in [0.5, 0.6) is 0 Å². The predicted octanol–water partition coefficient (Wildman–Crippen LogP) is -0.0650. The van der Waals surface area contributed by atoms with Gasteiger partial charge in [0.05, 0.1) is 27.7 Å². The van der Waals surface area contributed by atoms with Crippen molar-refractivity contribution in [2.45, 2.75) is 26.7 Å². The molecule has 0 saturated heterocycles. The Morgan fingerprint density at radius 3 is 2.19 bits per heavy atom. The van der Waals surface area contributed by atoms with Gasteiger partial charge >= 0.3 is 0 Å². The summed E-state index contributed by atoms with van der Waals surface area (Å²) in [6, 6.07) is 0. The predicted molar refractivity (Wildman–Crippen MR) is 65.5 cm³/mol. The Bertz CT molecular complexity index is 288. The fraction of sp³-hybridized carbons (Fsp3) is 0.857. The summed E-state index contributed by atoms with van der Waals surface area (Å²) in [4.78, 5) is 0. The van der Waals surface area contributed by atoms with Crippen molar-refractivity contribution in [1.29, 1.82) is 0 Å². The van der Waals surface area contributed by atoms with Crippen LogP contribution >= 0.6 is 0 Å². The van der Waals surface area contributed by atoms with E-state index < -0.39 is 0 Å². The molecule has 3 fully saturated rings. The van der Waals surface area contributed by atoms with E-state index in [1.54, 1.807) is 5.57 Å². The number of nitrogens with zero attached hydrogens (tertiary/aromatic N) is 1. The van der Waals surface area contributed by atoms with Crippen LogP contribution in [0.2, 0.25) is 0 Å². The summed E-state index contributed by atoms with van der Waals surface area (Å²) in [5.74, 6) is 2.55. The first-order valence-corrected chi connectivity index (χ1v) is 6.21. The number of halogens is 1. The van der Waals surface area contributed by atoms with Gasteiger partial charge in [0, 0.05) is 5.92 Å². The van der Waals surface area contributed by atoms with Crippen molar-refractivity contribution >= 4 is 0 Å². The summed E-state index contributed by atoms with van der Waals surface area (Å²) in [6.45, 7) is 10.5. The fourth-order valence-corrected chi connectivity index (χ4v) is 3.68. The van der Waals surface area contributed by atoms with E-state index in [9.17, 15) is 0 Å². The Kier molecular flexibility index (Phi) is 3.87. The van der Waals surface area contributed by atoms with Crippen molar-refractivity contribution in [2.75, 3.05) is 27.7 Å². The summed E-state index contributed by atoms with van der Waals surface area (Å²) in [5, 5.41) is 0. The molecule has 3 aliphatic rings. The summed E-state index contributed by atoms with van der Waals surface area (Å²) < 4.78 is 1.07. The Morgan fingerprint density at radius 1 is 1.25 bits per heavy atom. The van der Waals surface area contributed by atoms with Gasteiger partial charge in [0.1, 0.15) is 0 Å². The summed E-state index contributed by atoms with van der Waals surface area (Å²) in [5.41, 5.74) is 2.11. The van der Waals surface area contributed by atoms with Crippen molar-refractivity contribution < 1.29 is 28.5 Å². The van der Waals surface area contributed by atoms with Crippen molar-refractivity contribution in [3.05, 3.63) is 12.2 Å². The molecule has 0 amide bonds. The second kappa shape index (κ2) is 4.27. The van der Waals surface area contributed by atoms with Gasteiger partial charge in [-0.15, -0.1) is 0 Å². The maximum atomic E-state index is 4.38. The smallest absolute Gasteiger partial charge is 0.0846 e. The number of hydrogen-bond donors (Lipinski definition) is 0. The number of rotatable bonds is 2. The van der Waals surface area contributed by atoms with E-state index in [1.165, 1.54) is 19.4 Å². The number of hydrogen-bond acceptors (Lipinski definition) is 0. The third-order valence-electron chi connectivity index (χ3n) is 4.78. The summed E-state index contributed by atoms with van der Waals surface area (Å²) in [7, 11) is 6.87. The molecule has 3 unspecified atom stereocenters. The minimum Gasteiger partial charge on any atom is -1.00 e. The zero-order chi connectivity index (χ0) is 11.4. The quantitative estimate of drug-likeness (QED) is 0.377. The van der Waals surface area contributed by atoms with Crippen molar-refractivity contribution in [3.63, 3.8) is 0 Å². The Hall–Kier alpha value is 0.430.